The molecule has 0 radical (unpaired) electrons. The number of likely N-dealkylation sites (N-methyl/N-ethyl adjacent to an activating group) is 1. The van der Waals surface area contributed by atoms with E-state index in [0.29, 0.717) is 17.4 Å². The molecule has 0 bridgehead atoms. The average molecular weight is 816 g/mol. The summed E-state index contributed by atoms with van der Waals surface area (Å²) in [6.45, 7) is 4.23. The number of rotatable bonds is 43. The summed E-state index contributed by atoms with van der Waals surface area (Å²) in [5.74, 6) is -0.829. The Hall–Kier alpha value is -1.25. The number of allylic oxidation sites excluding steroid dienone is 2. The van der Waals surface area contributed by atoms with Crippen molar-refractivity contribution in [1.82, 2.24) is 0 Å². The molecule has 0 aromatic rings. The molecule has 56 heavy (non-hydrogen) atoms. The Morgan fingerprint density at radius 2 is 0.911 bits per heavy atom. The van der Waals surface area contributed by atoms with Gasteiger partial charge in [0.1, 0.15) is 19.8 Å². The lowest BCUT2D eigenvalue weighted by Gasteiger charge is -2.28. The van der Waals surface area contributed by atoms with Crippen LogP contribution in [-0.2, 0) is 32.7 Å². The molecule has 0 aromatic heterocycles. The first-order valence-electron chi connectivity index (χ1n) is 23.4. The maximum absolute atomic E-state index is 12.7. The monoisotopic (exact) mass is 816 g/mol. The van der Waals surface area contributed by atoms with Crippen molar-refractivity contribution < 1.29 is 42.1 Å². The maximum Gasteiger partial charge on any atom is 0.306 e. The van der Waals surface area contributed by atoms with Gasteiger partial charge in [0, 0.05) is 12.8 Å². The van der Waals surface area contributed by atoms with Gasteiger partial charge in [0.15, 0.2) is 6.10 Å². The number of quaternary nitrogens is 1. The van der Waals surface area contributed by atoms with Crippen LogP contribution in [0.25, 0.3) is 0 Å². The largest absolute Gasteiger partial charge is 0.756 e. The van der Waals surface area contributed by atoms with Gasteiger partial charge < -0.3 is 27.9 Å². The van der Waals surface area contributed by atoms with Crippen LogP contribution in [0.15, 0.2) is 12.2 Å². The predicted molar refractivity (Wildman–Crippen MR) is 231 cm³/mol. The van der Waals surface area contributed by atoms with Crippen LogP contribution < -0.4 is 4.89 Å². The zero-order valence-corrected chi connectivity index (χ0v) is 38.2. The molecule has 0 fully saturated rings. The van der Waals surface area contributed by atoms with E-state index in [1.165, 1.54) is 148 Å². The molecule has 0 spiro atoms. The summed E-state index contributed by atoms with van der Waals surface area (Å²) in [6, 6.07) is 0. The molecule has 0 aliphatic rings. The van der Waals surface area contributed by atoms with Crippen LogP contribution in [-0.4, -0.2) is 70.0 Å². The lowest BCUT2D eigenvalue weighted by Crippen LogP contribution is -2.37. The normalized spacial score (nSPS) is 13.6. The molecular formula is C46H90NO8P. The number of phosphoric acid groups is 1. The van der Waals surface area contributed by atoms with E-state index < -0.39 is 26.5 Å². The molecule has 0 aliphatic heterocycles. The first kappa shape index (κ1) is 54.8. The van der Waals surface area contributed by atoms with Crippen molar-refractivity contribution in [3.05, 3.63) is 12.2 Å². The van der Waals surface area contributed by atoms with Gasteiger partial charge in [-0.3, -0.25) is 14.2 Å². The molecule has 0 rings (SSSR count). The second-order valence-corrected chi connectivity index (χ2v) is 18.5. The summed E-state index contributed by atoms with van der Waals surface area (Å²) in [5.41, 5.74) is 0. The quantitative estimate of drug-likeness (QED) is 0.0197. The van der Waals surface area contributed by atoms with Crippen LogP contribution in [0.4, 0.5) is 0 Å². The SMILES string of the molecule is CCCCCCCCCC/C=C\CCCCCCCCCCCCCC(=O)OC(COC(=O)CCCCCCCCCCC)COP(=O)([O-])OCC[N+](C)(C)C. The van der Waals surface area contributed by atoms with Crippen molar-refractivity contribution in [2.75, 3.05) is 47.5 Å². The highest BCUT2D eigenvalue weighted by Crippen LogP contribution is 2.38. The van der Waals surface area contributed by atoms with Gasteiger partial charge in [-0.15, -0.1) is 0 Å². The van der Waals surface area contributed by atoms with Crippen LogP contribution in [0.3, 0.4) is 0 Å². The Labute approximate surface area is 346 Å². The van der Waals surface area contributed by atoms with Crippen LogP contribution in [0, 0.1) is 0 Å². The standard InChI is InChI=1S/C46H90NO8P/c1-6-8-10-12-14-16-17-18-19-20-21-22-23-24-25-26-27-28-29-31-33-35-37-39-46(49)55-44(43-54-56(50,51)53-41-40-47(3,4)5)42-52-45(48)38-36-34-32-30-15-13-11-9-7-2/h20-21,44H,6-19,22-43H2,1-5H3/b21-20-. The number of phosphoric ester groups is 1. The first-order chi connectivity index (χ1) is 27.0. The van der Waals surface area contributed by atoms with E-state index in [9.17, 15) is 19.0 Å². The Balaban J connectivity index is 4.16. The summed E-state index contributed by atoms with van der Waals surface area (Å²) >= 11 is 0. The van der Waals surface area contributed by atoms with Gasteiger partial charge in [0.05, 0.1) is 27.7 Å². The molecule has 0 saturated carbocycles. The van der Waals surface area contributed by atoms with Crippen molar-refractivity contribution in [2.45, 2.75) is 225 Å². The third-order valence-electron chi connectivity index (χ3n) is 10.3. The molecule has 0 N–H and O–H groups in total. The number of carbonyl (C=O) groups excluding carboxylic acids is 2. The van der Waals surface area contributed by atoms with Gasteiger partial charge in [-0.1, -0.05) is 180 Å². The van der Waals surface area contributed by atoms with Gasteiger partial charge in [-0.05, 0) is 38.5 Å². The van der Waals surface area contributed by atoms with E-state index in [2.05, 4.69) is 26.0 Å². The fourth-order valence-corrected chi connectivity index (χ4v) is 7.32. The van der Waals surface area contributed by atoms with Crippen molar-refractivity contribution in [3.8, 4) is 0 Å². The van der Waals surface area contributed by atoms with Gasteiger partial charge in [0.2, 0.25) is 0 Å². The zero-order chi connectivity index (χ0) is 41.4. The Morgan fingerprint density at radius 1 is 0.536 bits per heavy atom. The van der Waals surface area contributed by atoms with Crippen molar-refractivity contribution in [2.24, 2.45) is 0 Å². The molecule has 2 atom stereocenters. The molecule has 0 heterocycles. The van der Waals surface area contributed by atoms with E-state index in [1.807, 2.05) is 21.1 Å². The smallest absolute Gasteiger partial charge is 0.306 e. The number of hydrogen-bond donors (Lipinski definition) is 0. The molecule has 0 aromatic carbocycles. The molecule has 0 saturated heterocycles. The molecule has 332 valence electrons. The number of carbonyl (C=O) groups is 2. The molecule has 10 heteroatoms. The topological polar surface area (TPSA) is 111 Å². The van der Waals surface area contributed by atoms with Crippen molar-refractivity contribution >= 4 is 19.8 Å². The molecule has 0 aliphatic carbocycles. The van der Waals surface area contributed by atoms with Crippen LogP contribution >= 0.6 is 7.82 Å². The highest BCUT2D eigenvalue weighted by molar-refractivity contribution is 7.45. The highest BCUT2D eigenvalue weighted by Gasteiger charge is 2.21. The number of hydrogen-bond acceptors (Lipinski definition) is 8. The second-order valence-electron chi connectivity index (χ2n) is 17.1. The van der Waals surface area contributed by atoms with Crippen LogP contribution in [0.1, 0.15) is 219 Å². The van der Waals surface area contributed by atoms with Gasteiger partial charge >= 0.3 is 11.9 Å². The molecule has 2 unspecified atom stereocenters. The number of ether oxygens (including phenoxy) is 2. The molecule has 0 amide bonds. The van der Waals surface area contributed by atoms with Crippen molar-refractivity contribution in [1.29, 1.82) is 0 Å². The summed E-state index contributed by atoms with van der Waals surface area (Å²) < 4.78 is 33.9. The molecule has 9 nitrogen and oxygen atoms in total. The summed E-state index contributed by atoms with van der Waals surface area (Å²) in [7, 11) is 1.17. The molecular weight excluding hydrogens is 725 g/mol. The third kappa shape index (κ3) is 42.4. The number of nitrogens with zero attached hydrogens (tertiary/aromatic N) is 1. The number of unbranched alkanes of at least 4 members (excludes halogenated alkanes) is 27. The van der Waals surface area contributed by atoms with E-state index in [-0.39, 0.29) is 32.0 Å². The van der Waals surface area contributed by atoms with Gasteiger partial charge in [0.25, 0.3) is 7.82 Å². The van der Waals surface area contributed by atoms with Crippen LogP contribution in [0.2, 0.25) is 0 Å². The fraction of sp³-hybridized carbons (Fsp3) is 0.913. The summed E-state index contributed by atoms with van der Waals surface area (Å²) in [5, 5.41) is 0. The van der Waals surface area contributed by atoms with E-state index >= 15 is 0 Å². The predicted octanol–water partition coefficient (Wildman–Crippen LogP) is 12.7. The fourth-order valence-electron chi connectivity index (χ4n) is 6.59. The van der Waals surface area contributed by atoms with Crippen molar-refractivity contribution in [3.63, 3.8) is 0 Å². The zero-order valence-electron chi connectivity index (χ0n) is 37.3. The summed E-state index contributed by atoms with van der Waals surface area (Å²) in [4.78, 5) is 37.4. The Kier molecular flexibility index (Phi) is 38.3. The van der Waals surface area contributed by atoms with E-state index in [0.717, 1.165) is 38.5 Å². The Morgan fingerprint density at radius 3 is 1.32 bits per heavy atom. The van der Waals surface area contributed by atoms with Crippen LogP contribution in [0.5, 0.6) is 0 Å². The van der Waals surface area contributed by atoms with E-state index in [1.54, 1.807) is 0 Å². The number of esters is 2. The first-order valence-corrected chi connectivity index (χ1v) is 24.9. The van der Waals surface area contributed by atoms with Gasteiger partial charge in [-0.25, -0.2) is 0 Å². The minimum Gasteiger partial charge on any atom is -0.756 e. The summed E-state index contributed by atoms with van der Waals surface area (Å²) in [6.07, 6.45) is 41.1. The average Bonchev–Trinajstić information content (AvgIpc) is 3.15. The van der Waals surface area contributed by atoms with Gasteiger partial charge in [-0.2, -0.15) is 0 Å². The maximum atomic E-state index is 12.7. The third-order valence-corrected chi connectivity index (χ3v) is 11.2. The minimum absolute atomic E-state index is 0.0278. The lowest BCUT2D eigenvalue weighted by atomic mass is 10.0. The lowest BCUT2D eigenvalue weighted by molar-refractivity contribution is -0.870. The Bertz CT molecular complexity index is 969. The van der Waals surface area contributed by atoms with E-state index in [4.69, 9.17) is 18.5 Å². The second kappa shape index (κ2) is 39.2. The minimum atomic E-state index is -4.62. The highest BCUT2D eigenvalue weighted by atomic mass is 31.2.